The number of nitrogens with one attached hydrogen (secondary N) is 1. The number of amides is 1. The summed E-state index contributed by atoms with van der Waals surface area (Å²) in [7, 11) is 1.58. The third kappa shape index (κ3) is 3.53. The van der Waals surface area contributed by atoms with E-state index in [1.54, 1.807) is 13.3 Å². The van der Waals surface area contributed by atoms with Crippen molar-refractivity contribution >= 4 is 11.6 Å². The zero-order chi connectivity index (χ0) is 15.3. The minimum atomic E-state index is -0.663. The Kier molecular flexibility index (Phi) is 5.17. The van der Waals surface area contributed by atoms with E-state index in [-0.39, 0.29) is 5.91 Å². The van der Waals surface area contributed by atoms with Crippen LogP contribution in [0.2, 0.25) is 0 Å². The molecule has 5 nitrogen and oxygen atoms in total. The van der Waals surface area contributed by atoms with E-state index in [2.05, 4.69) is 17.2 Å². The van der Waals surface area contributed by atoms with Crippen molar-refractivity contribution < 1.29 is 14.3 Å². The first-order valence-corrected chi connectivity index (χ1v) is 7.57. The van der Waals surface area contributed by atoms with Crippen molar-refractivity contribution in [2.75, 3.05) is 19.0 Å². The lowest BCUT2D eigenvalue weighted by atomic mass is 10.0. The number of anilines is 1. The first kappa shape index (κ1) is 15.8. The summed E-state index contributed by atoms with van der Waals surface area (Å²) < 4.78 is 11.0. The largest absolute Gasteiger partial charge is 0.481 e. The van der Waals surface area contributed by atoms with Gasteiger partial charge in [0.25, 0.3) is 5.91 Å². The monoisotopic (exact) mass is 292 g/mol. The SMILES string of the molecule is CCCOC1(C(=O)Nc2cnc(OC)c(C)c2)CCCC1. The third-order valence-electron chi connectivity index (χ3n) is 3.89. The fourth-order valence-corrected chi connectivity index (χ4v) is 2.77. The Morgan fingerprint density at radius 1 is 1.43 bits per heavy atom. The predicted octanol–water partition coefficient (Wildman–Crippen LogP) is 3.08. The Hall–Kier alpha value is -1.62. The summed E-state index contributed by atoms with van der Waals surface area (Å²) in [6.07, 6.45) is 6.20. The van der Waals surface area contributed by atoms with Crippen LogP contribution in [0.4, 0.5) is 5.69 Å². The number of hydrogen-bond donors (Lipinski definition) is 1. The molecule has 1 aromatic rings. The zero-order valence-electron chi connectivity index (χ0n) is 13.1. The van der Waals surface area contributed by atoms with Gasteiger partial charge in [-0.3, -0.25) is 4.79 Å². The number of ether oxygens (including phenoxy) is 2. The van der Waals surface area contributed by atoms with Crippen LogP contribution in [0.15, 0.2) is 12.3 Å². The Morgan fingerprint density at radius 3 is 2.71 bits per heavy atom. The maximum absolute atomic E-state index is 12.6. The number of pyridine rings is 1. The van der Waals surface area contributed by atoms with Gasteiger partial charge in [0.05, 0.1) is 19.0 Å². The fraction of sp³-hybridized carbons (Fsp3) is 0.625. The maximum atomic E-state index is 12.6. The average molecular weight is 292 g/mol. The van der Waals surface area contributed by atoms with Gasteiger partial charge in [-0.05, 0) is 45.1 Å². The summed E-state index contributed by atoms with van der Waals surface area (Å²) in [6, 6.07) is 1.87. The van der Waals surface area contributed by atoms with Gasteiger partial charge in [0.1, 0.15) is 5.60 Å². The zero-order valence-corrected chi connectivity index (χ0v) is 13.1. The quantitative estimate of drug-likeness (QED) is 0.875. The summed E-state index contributed by atoms with van der Waals surface area (Å²) in [6.45, 7) is 4.57. The van der Waals surface area contributed by atoms with Crippen LogP contribution in [0.3, 0.4) is 0 Å². The topological polar surface area (TPSA) is 60.5 Å². The van der Waals surface area contributed by atoms with E-state index in [0.29, 0.717) is 18.2 Å². The van der Waals surface area contributed by atoms with Gasteiger partial charge in [0.15, 0.2) is 0 Å². The molecule has 21 heavy (non-hydrogen) atoms. The molecular weight excluding hydrogens is 268 g/mol. The number of rotatable bonds is 6. The van der Waals surface area contributed by atoms with E-state index in [1.807, 2.05) is 13.0 Å². The smallest absolute Gasteiger partial charge is 0.256 e. The van der Waals surface area contributed by atoms with E-state index >= 15 is 0 Å². The van der Waals surface area contributed by atoms with Gasteiger partial charge < -0.3 is 14.8 Å². The maximum Gasteiger partial charge on any atom is 0.256 e. The van der Waals surface area contributed by atoms with Crippen molar-refractivity contribution in [1.29, 1.82) is 0 Å². The predicted molar refractivity (Wildman–Crippen MR) is 81.6 cm³/mol. The second kappa shape index (κ2) is 6.89. The molecule has 1 aliphatic rings. The van der Waals surface area contributed by atoms with Crippen LogP contribution < -0.4 is 10.1 Å². The summed E-state index contributed by atoms with van der Waals surface area (Å²) >= 11 is 0. The Bertz CT molecular complexity index is 496. The summed E-state index contributed by atoms with van der Waals surface area (Å²) in [5.41, 5.74) is 0.916. The molecule has 0 aromatic carbocycles. The molecule has 1 heterocycles. The van der Waals surface area contributed by atoms with Crippen LogP contribution >= 0.6 is 0 Å². The van der Waals surface area contributed by atoms with Crippen LogP contribution in [0.25, 0.3) is 0 Å². The van der Waals surface area contributed by atoms with Gasteiger partial charge in [-0.2, -0.15) is 0 Å². The number of aromatic nitrogens is 1. The highest BCUT2D eigenvalue weighted by atomic mass is 16.5. The number of methoxy groups -OCH3 is 1. The molecule has 0 spiro atoms. The van der Waals surface area contributed by atoms with Crippen LogP contribution in [0, 0.1) is 6.92 Å². The molecule has 1 saturated carbocycles. The second-order valence-electron chi connectivity index (χ2n) is 5.55. The fourth-order valence-electron chi connectivity index (χ4n) is 2.77. The molecule has 5 heteroatoms. The van der Waals surface area contributed by atoms with Crippen molar-refractivity contribution in [2.24, 2.45) is 0 Å². The second-order valence-corrected chi connectivity index (χ2v) is 5.55. The minimum Gasteiger partial charge on any atom is -0.481 e. The van der Waals surface area contributed by atoms with Crippen molar-refractivity contribution in [3.8, 4) is 5.88 Å². The highest BCUT2D eigenvalue weighted by Crippen LogP contribution is 2.34. The molecule has 0 radical (unpaired) electrons. The third-order valence-corrected chi connectivity index (χ3v) is 3.89. The van der Waals surface area contributed by atoms with Crippen molar-refractivity contribution in [3.63, 3.8) is 0 Å². The summed E-state index contributed by atoms with van der Waals surface area (Å²) in [5.74, 6) is 0.519. The van der Waals surface area contributed by atoms with E-state index < -0.39 is 5.60 Å². The van der Waals surface area contributed by atoms with Crippen molar-refractivity contribution in [1.82, 2.24) is 4.98 Å². The molecule has 2 rings (SSSR count). The molecule has 0 bridgehead atoms. The average Bonchev–Trinajstić information content (AvgIpc) is 2.95. The van der Waals surface area contributed by atoms with E-state index in [9.17, 15) is 4.79 Å². The molecule has 1 amide bonds. The molecule has 1 aliphatic carbocycles. The lowest BCUT2D eigenvalue weighted by Gasteiger charge is -2.28. The first-order chi connectivity index (χ1) is 10.1. The molecule has 0 atom stereocenters. The molecule has 0 aliphatic heterocycles. The number of carbonyl (C=O) groups is 1. The van der Waals surface area contributed by atoms with Crippen molar-refractivity contribution in [3.05, 3.63) is 17.8 Å². The Morgan fingerprint density at radius 2 is 2.14 bits per heavy atom. The van der Waals surface area contributed by atoms with Gasteiger partial charge in [-0.1, -0.05) is 6.92 Å². The standard InChI is InChI=1S/C16H24N2O3/c1-4-9-21-16(7-5-6-8-16)15(19)18-13-10-12(2)14(20-3)17-11-13/h10-11H,4-9H2,1-3H3,(H,18,19). The van der Waals surface area contributed by atoms with E-state index in [4.69, 9.17) is 9.47 Å². The molecule has 1 N–H and O–H groups in total. The summed E-state index contributed by atoms with van der Waals surface area (Å²) in [4.78, 5) is 16.8. The Labute approximate surface area is 126 Å². The lowest BCUT2D eigenvalue weighted by molar-refractivity contribution is -0.140. The molecular formula is C16H24N2O3. The van der Waals surface area contributed by atoms with Gasteiger partial charge in [0.2, 0.25) is 5.88 Å². The molecule has 1 fully saturated rings. The number of aryl methyl sites for hydroxylation is 1. The highest BCUT2D eigenvalue weighted by Gasteiger charge is 2.42. The number of nitrogens with zero attached hydrogens (tertiary/aromatic N) is 1. The minimum absolute atomic E-state index is 0.0557. The molecule has 0 saturated heterocycles. The van der Waals surface area contributed by atoms with Gasteiger partial charge in [-0.15, -0.1) is 0 Å². The lowest BCUT2D eigenvalue weighted by Crippen LogP contribution is -2.43. The highest BCUT2D eigenvalue weighted by molar-refractivity contribution is 5.97. The van der Waals surface area contributed by atoms with Crippen LogP contribution in [-0.4, -0.2) is 30.2 Å². The van der Waals surface area contributed by atoms with Gasteiger partial charge in [0, 0.05) is 12.2 Å². The molecule has 1 aromatic heterocycles. The van der Waals surface area contributed by atoms with E-state index in [1.165, 1.54) is 0 Å². The molecule has 0 unspecified atom stereocenters. The Balaban J connectivity index is 2.10. The van der Waals surface area contributed by atoms with Crippen LogP contribution in [-0.2, 0) is 9.53 Å². The molecule has 116 valence electrons. The van der Waals surface area contributed by atoms with Crippen molar-refractivity contribution in [2.45, 2.75) is 51.6 Å². The van der Waals surface area contributed by atoms with Gasteiger partial charge in [-0.25, -0.2) is 4.98 Å². The normalized spacial score (nSPS) is 16.7. The van der Waals surface area contributed by atoms with E-state index in [0.717, 1.165) is 37.7 Å². The van der Waals surface area contributed by atoms with Crippen LogP contribution in [0.5, 0.6) is 5.88 Å². The number of carbonyl (C=O) groups excluding carboxylic acids is 1. The van der Waals surface area contributed by atoms with Gasteiger partial charge >= 0.3 is 0 Å². The first-order valence-electron chi connectivity index (χ1n) is 7.57. The number of hydrogen-bond acceptors (Lipinski definition) is 4. The summed E-state index contributed by atoms with van der Waals surface area (Å²) in [5, 5.41) is 2.94. The van der Waals surface area contributed by atoms with Crippen LogP contribution in [0.1, 0.15) is 44.6 Å².